The number of hydrogen-bond acceptors (Lipinski definition) is 2. The van der Waals surface area contributed by atoms with Crippen LogP contribution in [-0.2, 0) is 0 Å². The van der Waals surface area contributed by atoms with Crippen LogP contribution in [0.2, 0.25) is 0 Å². The van der Waals surface area contributed by atoms with Crippen molar-refractivity contribution < 1.29 is 0 Å². The van der Waals surface area contributed by atoms with Crippen LogP contribution in [0.1, 0.15) is 0 Å². The Hall–Kier alpha value is 0.450. The normalized spacial score (nSPS) is 12.3. The first-order valence-corrected chi connectivity index (χ1v) is 3.69. The van der Waals surface area contributed by atoms with Crippen LogP contribution in [0.15, 0.2) is 4.52 Å². The van der Waals surface area contributed by atoms with E-state index in [0.717, 1.165) is 8.52 Å². The highest BCUT2D eigenvalue weighted by Crippen LogP contribution is 2.08. The zero-order valence-corrected chi connectivity index (χ0v) is 6.29. The van der Waals surface area contributed by atoms with Crippen LogP contribution in [0.3, 0.4) is 0 Å². The molecular formula is C2H9N3P2. The molecule has 1 unspecified atom stereocenters. The van der Waals surface area contributed by atoms with Crippen molar-refractivity contribution in [3.05, 3.63) is 0 Å². The standard InChI is InChI=1S/C2H9N3P2/c1-3-6-5-7-4-2/h3,6H,1-2H3,(H,4,5). The molecule has 2 N–H and O–H groups in total. The van der Waals surface area contributed by atoms with Crippen molar-refractivity contribution in [3.8, 4) is 0 Å². The maximum Gasteiger partial charge on any atom is 0.0951 e. The van der Waals surface area contributed by atoms with Crippen LogP contribution in [-0.4, -0.2) is 14.1 Å². The summed E-state index contributed by atoms with van der Waals surface area (Å²) in [6.45, 7) is 0. The molecule has 0 rings (SSSR count). The molecule has 0 amide bonds. The molecule has 0 aromatic heterocycles. The van der Waals surface area contributed by atoms with Crippen LogP contribution < -0.4 is 10.2 Å². The minimum Gasteiger partial charge on any atom is -0.283 e. The van der Waals surface area contributed by atoms with E-state index in [1.54, 1.807) is 0 Å². The van der Waals surface area contributed by atoms with Crippen LogP contribution in [0, 0.1) is 0 Å². The van der Waals surface area contributed by atoms with Gasteiger partial charge in [0.05, 0.1) is 17.4 Å². The van der Waals surface area contributed by atoms with Gasteiger partial charge in [0, 0.05) is 0 Å². The van der Waals surface area contributed by atoms with Crippen molar-refractivity contribution in [2.45, 2.75) is 0 Å². The molecule has 0 aliphatic rings. The quantitative estimate of drug-likeness (QED) is 0.569. The average molecular weight is 137 g/mol. The lowest BCUT2D eigenvalue weighted by molar-refractivity contribution is 1.27. The zero-order valence-electron chi connectivity index (χ0n) is 4.39. The van der Waals surface area contributed by atoms with E-state index >= 15 is 0 Å². The molecule has 0 bridgehead atoms. The lowest BCUT2D eigenvalue weighted by atomic mass is 11.6. The Bertz CT molecular complexity index is 54.9. The summed E-state index contributed by atoms with van der Waals surface area (Å²) in [6, 6.07) is 0. The second-order valence-corrected chi connectivity index (χ2v) is 2.96. The van der Waals surface area contributed by atoms with Crippen molar-refractivity contribution in [2.75, 3.05) is 14.1 Å². The minimum absolute atomic E-state index is 0.522. The van der Waals surface area contributed by atoms with Crippen molar-refractivity contribution in [3.63, 3.8) is 0 Å². The smallest absolute Gasteiger partial charge is 0.0951 e. The predicted octanol–water partition coefficient (Wildman–Crippen LogP) is 0.978. The molecule has 0 aliphatic heterocycles. The maximum atomic E-state index is 3.99. The lowest BCUT2D eigenvalue weighted by Gasteiger charge is -1.83. The highest BCUT2D eigenvalue weighted by Gasteiger charge is 1.65. The topological polar surface area (TPSA) is 36.4 Å². The Morgan fingerprint density at radius 3 is 2.71 bits per heavy atom. The molecule has 0 spiro atoms. The van der Waals surface area contributed by atoms with E-state index in [2.05, 4.69) is 14.7 Å². The lowest BCUT2D eigenvalue weighted by Crippen LogP contribution is -1.83. The third-order valence-electron chi connectivity index (χ3n) is 0.312. The Morgan fingerprint density at radius 1 is 1.57 bits per heavy atom. The maximum absolute atomic E-state index is 3.99. The molecule has 0 aliphatic carbocycles. The van der Waals surface area contributed by atoms with Gasteiger partial charge in [0.1, 0.15) is 0 Å². The molecule has 0 fully saturated rings. The third kappa shape index (κ3) is 6.45. The first-order chi connectivity index (χ1) is 3.41. The molecule has 1 atom stereocenters. The Kier molecular flexibility index (Phi) is 6.86. The second-order valence-electron chi connectivity index (χ2n) is 0.785. The third-order valence-corrected chi connectivity index (χ3v) is 1.54. The summed E-state index contributed by atoms with van der Waals surface area (Å²) in [5.74, 6) is 0. The molecule has 0 saturated heterocycles. The van der Waals surface area contributed by atoms with Crippen LogP contribution in [0.5, 0.6) is 0 Å². The van der Waals surface area contributed by atoms with Gasteiger partial charge in [0.15, 0.2) is 0 Å². The average Bonchev–Trinajstić information content (AvgIpc) is 1.69. The van der Waals surface area contributed by atoms with Gasteiger partial charge < -0.3 is 0 Å². The summed E-state index contributed by atoms with van der Waals surface area (Å²) in [5.41, 5.74) is 0. The van der Waals surface area contributed by atoms with Crippen LogP contribution >= 0.6 is 17.4 Å². The first-order valence-electron chi connectivity index (χ1n) is 1.90. The van der Waals surface area contributed by atoms with E-state index < -0.39 is 0 Å². The fraction of sp³-hybridized carbons (Fsp3) is 1.00. The summed E-state index contributed by atoms with van der Waals surface area (Å²) in [7, 11) is 5.22. The first kappa shape index (κ1) is 7.45. The molecule has 0 aromatic carbocycles. The van der Waals surface area contributed by atoms with E-state index in [-0.39, 0.29) is 0 Å². The van der Waals surface area contributed by atoms with Crippen molar-refractivity contribution in [1.29, 1.82) is 0 Å². The van der Waals surface area contributed by atoms with Crippen molar-refractivity contribution in [2.24, 2.45) is 4.52 Å². The number of nitrogens with zero attached hydrogens (tertiary/aromatic N) is 1. The van der Waals surface area contributed by atoms with Gasteiger partial charge in [-0.05, 0) is 14.1 Å². The fourth-order valence-electron chi connectivity index (χ4n) is 0.125. The molecule has 42 valence electrons. The van der Waals surface area contributed by atoms with Gasteiger partial charge in [-0.25, -0.2) is 4.52 Å². The van der Waals surface area contributed by atoms with Gasteiger partial charge in [-0.1, -0.05) is 0 Å². The predicted molar refractivity (Wildman–Crippen MR) is 35.8 cm³/mol. The highest BCUT2D eigenvalue weighted by atomic mass is 31.1. The Balaban J connectivity index is 2.78. The summed E-state index contributed by atoms with van der Waals surface area (Å²) in [4.78, 5) is 0. The summed E-state index contributed by atoms with van der Waals surface area (Å²) in [6.07, 6.45) is 0. The molecule has 7 heavy (non-hydrogen) atoms. The van der Waals surface area contributed by atoms with Crippen molar-refractivity contribution >= 4 is 17.4 Å². The number of hydrogen-bond donors (Lipinski definition) is 2. The molecular weight excluding hydrogens is 128 g/mol. The number of nitrogens with one attached hydrogen (secondary N) is 2. The molecule has 0 heterocycles. The van der Waals surface area contributed by atoms with Crippen LogP contribution in [0.4, 0.5) is 0 Å². The van der Waals surface area contributed by atoms with Gasteiger partial charge in [0.2, 0.25) is 0 Å². The van der Waals surface area contributed by atoms with Gasteiger partial charge in [-0.2, -0.15) is 0 Å². The fourth-order valence-corrected chi connectivity index (χ4v) is 1.12. The van der Waals surface area contributed by atoms with E-state index in [4.69, 9.17) is 0 Å². The van der Waals surface area contributed by atoms with E-state index in [1.165, 1.54) is 0 Å². The highest BCUT2D eigenvalue weighted by molar-refractivity contribution is 7.42. The largest absolute Gasteiger partial charge is 0.283 e. The van der Waals surface area contributed by atoms with E-state index in [0.29, 0.717) is 8.88 Å². The minimum atomic E-state index is 0.522. The van der Waals surface area contributed by atoms with Gasteiger partial charge >= 0.3 is 0 Å². The summed E-state index contributed by atoms with van der Waals surface area (Å²) < 4.78 is 3.99. The Labute approximate surface area is 47.1 Å². The number of rotatable bonds is 3. The van der Waals surface area contributed by atoms with Gasteiger partial charge in [-0.3, -0.25) is 10.2 Å². The Morgan fingerprint density at radius 2 is 2.29 bits per heavy atom. The van der Waals surface area contributed by atoms with E-state index in [1.807, 2.05) is 14.1 Å². The molecule has 0 radical (unpaired) electrons. The second kappa shape index (κ2) is 6.45. The van der Waals surface area contributed by atoms with Gasteiger partial charge in [-0.15, -0.1) is 0 Å². The molecule has 3 nitrogen and oxygen atoms in total. The molecule has 0 saturated carbocycles. The monoisotopic (exact) mass is 137 g/mol. The van der Waals surface area contributed by atoms with Gasteiger partial charge in [0.25, 0.3) is 0 Å². The summed E-state index contributed by atoms with van der Waals surface area (Å²) >= 11 is 0. The van der Waals surface area contributed by atoms with Crippen molar-refractivity contribution in [1.82, 2.24) is 10.2 Å². The molecule has 5 heteroatoms. The zero-order chi connectivity index (χ0) is 5.54. The molecule has 0 aromatic rings. The van der Waals surface area contributed by atoms with E-state index in [9.17, 15) is 0 Å². The summed E-state index contributed by atoms with van der Waals surface area (Å²) in [5, 5.41) is 5.79. The SMILES string of the molecule is CNP=NPNC. The van der Waals surface area contributed by atoms with Crippen LogP contribution in [0.25, 0.3) is 0 Å².